The number of nitrogens with zero attached hydrogens (tertiary/aromatic N) is 1. The fraction of sp³-hybridized carbons (Fsp3) is 0.478. The van der Waals surface area contributed by atoms with E-state index in [0.29, 0.717) is 35.8 Å². The van der Waals surface area contributed by atoms with Crippen molar-refractivity contribution in [3.8, 4) is 11.5 Å². The first kappa shape index (κ1) is 24.2. The second-order valence-electron chi connectivity index (χ2n) is 8.63. The zero-order valence-corrected chi connectivity index (χ0v) is 20.4. The molecule has 32 heavy (non-hydrogen) atoms. The number of carboxylic acid groups (broad SMARTS) is 1. The van der Waals surface area contributed by atoms with Gasteiger partial charge in [0.25, 0.3) is 0 Å². The second kappa shape index (κ2) is 9.58. The molecule has 0 radical (unpaired) electrons. The molecule has 1 aromatic heterocycles. The Morgan fingerprint density at radius 1 is 1.25 bits per heavy atom. The van der Waals surface area contributed by atoms with Crippen molar-refractivity contribution in [2.45, 2.75) is 58.2 Å². The number of rotatable bonds is 6. The zero-order valence-electron chi connectivity index (χ0n) is 18.9. The topological polar surface area (TPSA) is 85.3 Å². The molecule has 1 unspecified atom stereocenters. The van der Waals surface area contributed by atoms with Crippen LogP contribution in [0.25, 0.3) is 0 Å². The van der Waals surface area contributed by atoms with Gasteiger partial charge in [-0.15, -0.1) is 11.3 Å². The van der Waals surface area contributed by atoms with E-state index in [9.17, 15) is 14.7 Å². The summed E-state index contributed by atoms with van der Waals surface area (Å²) in [6.07, 6.45) is 1.34. The summed E-state index contributed by atoms with van der Waals surface area (Å²) < 4.78 is 16.5. The minimum atomic E-state index is -1.03. The lowest BCUT2D eigenvalue weighted by Gasteiger charge is -2.36. The Balaban J connectivity index is 1.93. The van der Waals surface area contributed by atoms with E-state index in [2.05, 4.69) is 0 Å². The molecule has 0 fully saturated rings. The Hall–Kier alpha value is -2.45. The molecule has 3 rings (SSSR count). The minimum absolute atomic E-state index is 0.151. The fourth-order valence-corrected chi connectivity index (χ4v) is 5.37. The Bertz CT molecular complexity index is 1010. The molecule has 9 heteroatoms. The highest BCUT2D eigenvalue weighted by Gasteiger charge is 2.34. The van der Waals surface area contributed by atoms with Crippen molar-refractivity contribution in [3.63, 3.8) is 0 Å². The molecule has 1 aromatic carbocycles. The number of halogens is 1. The molecular weight excluding hydrogens is 454 g/mol. The monoisotopic (exact) mass is 481 g/mol. The molecule has 2 aromatic rings. The standard InChI is InChI=1S/C23H28ClNO6S/c1-23(2,3)31-22(28)25(12-13-6-8-15(29-4)11-17(13)30-5)14-7-9-16-18(10-14)32-20(19(16)24)21(26)27/h6,8,11,14H,7,9-10,12H2,1-5H3,(H,26,27). The molecule has 1 aliphatic rings. The number of carbonyl (C=O) groups is 2. The molecule has 1 atom stereocenters. The molecule has 7 nitrogen and oxygen atoms in total. The van der Waals surface area contributed by atoms with E-state index in [4.69, 9.17) is 25.8 Å². The molecule has 0 aliphatic heterocycles. The summed E-state index contributed by atoms with van der Waals surface area (Å²) in [5.74, 6) is 0.241. The van der Waals surface area contributed by atoms with Gasteiger partial charge in [-0.1, -0.05) is 11.6 Å². The smallest absolute Gasteiger partial charge is 0.410 e. The zero-order chi connectivity index (χ0) is 23.6. The molecule has 1 heterocycles. The van der Waals surface area contributed by atoms with Gasteiger partial charge in [-0.25, -0.2) is 9.59 Å². The maximum atomic E-state index is 13.2. The van der Waals surface area contributed by atoms with Gasteiger partial charge in [0.1, 0.15) is 22.0 Å². The molecule has 1 N–H and O–H groups in total. The van der Waals surface area contributed by atoms with Crippen molar-refractivity contribution in [1.29, 1.82) is 0 Å². The Kier molecular flexibility index (Phi) is 7.25. The average molecular weight is 482 g/mol. The molecular formula is C23H28ClNO6S. The number of hydrogen-bond acceptors (Lipinski definition) is 6. The highest BCUT2D eigenvalue weighted by molar-refractivity contribution is 7.14. The summed E-state index contributed by atoms with van der Waals surface area (Å²) in [6.45, 7) is 5.77. The van der Waals surface area contributed by atoms with E-state index >= 15 is 0 Å². The minimum Gasteiger partial charge on any atom is -0.497 e. The number of benzene rings is 1. The summed E-state index contributed by atoms with van der Waals surface area (Å²) >= 11 is 7.49. The highest BCUT2D eigenvalue weighted by atomic mass is 35.5. The van der Waals surface area contributed by atoms with E-state index < -0.39 is 17.7 Å². The predicted octanol–water partition coefficient (Wildman–Crippen LogP) is 5.41. The molecule has 0 saturated carbocycles. The number of ether oxygens (including phenoxy) is 3. The van der Waals surface area contributed by atoms with Gasteiger partial charge in [-0.05, 0) is 51.3 Å². The predicted molar refractivity (Wildman–Crippen MR) is 123 cm³/mol. The molecule has 0 saturated heterocycles. The first-order valence-electron chi connectivity index (χ1n) is 10.3. The van der Waals surface area contributed by atoms with Crippen LogP contribution in [0.1, 0.15) is 52.9 Å². The third-order valence-electron chi connectivity index (χ3n) is 5.27. The van der Waals surface area contributed by atoms with E-state index in [1.165, 1.54) is 11.3 Å². The lowest BCUT2D eigenvalue weighted by Crippen LogP contribution is -2.45. The SMILES string of the molecule is COc1ccc(CN(C(=O)OC(C)(C)C)C2CCc3c(sc(C(=O)O)c3Cl)C2)c(OC)c1. The van der Waals surface area contributed by atoms with Gasteiger partial charge in [-0.2, -0.15) is 0 Å². The van der Waals surface area contributed by atoms with Crippen molar-refractivity contribution in [1.82, 2.24) is 4.90 Å². The number of carboxylic acids is 1. The Labute approximate surface area is 196 Å². The van der Waals surface area contributed by atoms with Crippen LogP contribution in [0, 0.1) is 0 Å². The second-order valence-corrected chi connectivity index (χ2v) is 10.1. The van der Waals surface area contributed by atoms with Crippen LogP contribution >= 0.6 is 22.9 Å². The number of aromatic carboxylic acids is 1. The fourth-order valence-electron chi connectivity index (χ4n) is 3.76. The summed E-state index contributed by atoms with van der Waals surface area (Å²) in [5.41, 5.74) is 1.04. The number of amides is 1. The normalized spacial score (nSPS) is 15.6. The third kappa shape index (κ3) is 5.30. The van der Waals surface area contributed by atoms with Gasteiger partial charge < -0.3 is 24.2 Å². The summed E-state index contributed by atoms with van der Waals surface area (Å²) in [4.78, 5) is 27.5. The molecule has 174 valence electrons. The van der Waals surface area contributed by atoms with Gasteiger partial charge >= 0.3 is 12.1 Å². The maximum absolute atomic E-state index is 13.2. The number of hydrogen-bond donors (Lipinski definition) is 1. The summed E-state index contributed by atoms with van der Waals surface area (Å²) in [7, 11) is 3.16. The van der Waals surface area contributed by atoms with Crippen molar-refractivity contribution in [3.05, 3.63) is 44.1 Å². The largest absolute Gasteiger partial charge is 0.497 e. The van der Waals surface area contributed by atoms with E-state index in [0.717, 1.165) is 16.0 Å². The Morgan fingerprint density at radius 3 is 2.56 bits per heavy atom. The van der Waals surface area contributed by atoms with Crippen LogP contribution in [0.5, 0.6) is 11.5 Å². The Morgan fingerprint density at radius 2 is 1.97 bits per heavy atom. The third-order valence-corrected chi connectivity index (χ3v) is 7.04. The van der Waals surface area contributed by atoms with Gasteiger partial charge in [0.2, 0.25) is 0 Å². The first-order chi connectivity index (χ1) is 15.0. The number of thiophene rings is 1. The van der Waals surface area contributed by atoms with Crippen LogP contribution in [0.3, 0.4) is 0 Å². The van der Waals surface area contributed by atoms with Crippen molar-refractivity contribution in [2.75, 3.05) is 14.2 Å². The summed E-state index contributed by atoms with van der Waals surface area (Å²) in [6, 6.07) is 5.30. The lowest BCUT2D eigenvalue weighted by molar-refractivity contribution is 0.0124. The molecule has 0 spiro atoms. The van der Waals surface area contributed by atoms with Crippen LogP contribution in [-0.4, -0.2) is 47.9 Å². The quantitative estimate of drug-likeness (QED) is 0.593. The van der Waals surface area contributed by atoms with Crippen molar-refractivity contribution >= 4 is 35.0 Å². The van der Waals surface area contributed by atoms with Crippen molar-refractivity contribution in [2.24, 2.45) is 0 Å². The lowest BCUT2D eigenvalue weighted by atomic mass is 9.93. The molecule has 1 amide bonds. The van der Waals surface area contributed by atoms with Gasteiger partial charge in [0, 0.05) is 29.0 Å². The van der Waals surface area contributed by atoms with E-state index in [1.807, 2.05) is 32.9 Å². The molecule has 0 bridgehead atoms. The van der Waals surface area contributed by atoms with Gasteiger partial charge in [-0.3, -0.25) is 0 Å². The van der Waals surface area contributed by atoms with E-state index in [-0.39, 0.29) is 17.5 Å². The summed E-state index contributed by atoms with van der Waals surface area (Å²) in [5, 5.41) is 9.73. The maximum Gasteiger partial charge on any atom is 0.410 e. The first-order valence-corrected chi connectivity index (χ1v) is 11.5. The van der Waals surface area contributed by atoms with Crippen molar-refractivity contribution < 1.29 is 28.9 Å². The average Bonchev–Trinajstić information content (AvgIpc) is 3.06. The number of methoxy groups -OCH3 is 2. The number of carbonyl (C=O) groups excluding carboxylic acids is 1. The van der Waals surface area contributed by atoms with Crippen LogP contribution in [0.4, 0.5) is 4.79 Å². The highest BCUT2D eigenvalue weighted by Crippen LogP contribution is 2.39. The van der Waals surface area contributed by atoms with Crippen LogP contribution in [-0.2, 0) is 24.1 Å². The number of fused-ring (bicyclic) bond motifs is 1. The van der Waals surface area contributed by atoms with E-state index in [1.54, 1.807) is 25.2 Å². The van der Waals surface area contributed by atoms with Crippen LogP contribution in [0.2, 0.25) is 5.02 Å². The van der Waals surface area contributed by atoms with Gasteiger partial charge in [0.05, 0.1) is 25.8 Å². The van der Waals surface area contributed by atoms with Crippen LogP contribution < -0.4 is 9.47 Å². The van der Waals surface area contributed by atoms with Crippen LogP contribution in [0.15, 0.2) is 18.2 Å². The molecule has 1 aliphatic carbocycles. The van der Waals surface area contributed by atoms with Gasteiger partial charge in [0.15, 0.2) is 0 Å².